The van der Waals surface area contributed by atoms with E-state index in [4.69, 9.17) is 4.74 Å². The molecule has 0 aliphatic heterocycles. The fourth-order valence-electron chi connectivity index (χ4n) is 1.01. The summed E-state index contributed by atoms with van der Waals surface area (Å²) in [5, 5.41) is 6.40. The molecule has 0 aromatic rings. The number of aliphatic imine (C=N–C) groups is 1. The molecule has 0 rings (SSSR count). The Morgan fingerprint density at radius 2 is 2.12 bits per heavy atom. The summed E-state index contributed by atoms with van der Waals surface area (Å²) in [7, 11) is 1.70. The summed E-state index contributed by atoms with van der Waals surface area (Å²) in [5.41, 5.74) is 0. The number of ether oxygens (including phenoxy) is 1. The van der Waals surface area contributed by atoms with E-state index in [0.717, 1.165) is 32.0 Å². The maximum Gasteiger partial charge on any atom is 0.191 e. The van der Waals surface area contributed by atoms with Crippen LogP contribution in [0.5, 0.6) is 0 Å². The van der Waals surface area contributed by atoms with Crippen molar-refractivity contribution in [1.29, 1.82) is 0 Å². The fourth-order valence-corrected chi connectivity index (χ4v) is 1.43. The molecule has 0 aliphatic rings. The van der Waals surface area contributed by atoms with Gasteiger partial charge in [0.25, 0.3) is 0 Å². The summed E-state index contributed by atoms with van der Waals surface area (Å²) in [6.07, 6.45) is 3.24. The van der Waals surface area contributed by atoms with Crippen LogP contribution in [-0.4, -0.2) is 51.3 Å². The van der Waals surface area contributed by atoms with Gasteiger partial charge in [0.1, 0.15) is 0 Å². The standard InChI is InChI=1S/C10H23N3OS.HI/c1-4-11-10(13-7-8-14-2)12-6-5-9-15-3;/h4-9H2,1-3H3,(H2,11,12,13);1H. The molecule has 0 aromatic heterocycles. The molecule has 0 spiro atoms. The Morgan fingerprint density at radius 1 is 1.38 bits per heavy atom. The van der Waals surface area contributed by atoms with Gasteiger partial charge >= 0.3 is 0 Å². The third-order valence-corrected chi connectivity index (χ3v) is 2.42. The first-order valence-electron chi connectivity index (χ1n) is 5.35. The van der Waals surface area contributed by atoms with Crippen LogP contribution in [0.2, 0.25) is 0 Å². The Hall–Kier alpha value is 0.310. The summed E-state index contributed by atoms with van der Waals surface area (Å²) in [6, 6.07) is 0. The maximum absolute atomic E-state index is 4.96. The predicted octanol–water partition coefficient (Wildman–Crippen LogP) is 1.56. The molecular weight excluding hydrogens is 337 g/mol. The second-order valence-corrected chi connectivity index (χ2v) is 4.01. The van der Waals surface area contributed by atoms with Gasteiger partial charge in [-0.25, -0.2) is 0 Å². The molecule has 0 aliphatic carbocycles. The first kappa shape index (κ1) is 18.7. The van der Waals surface area contributed by atoms with Gasteiger partial charge in [-0.15, -0.1) is 24.0 Å². The van der Waals surface area contributed by atoms with Crippen molar-refractivity contribution in [3.05, 3.63) is 0 Å². The van der Waals surface area contributed by atoms with Crippen LogP contribution in [0.3, 0.4) is 0 Å². The highest BCUT2D eigenvalue weighted by molar-refractivity contribution is 14.0. The first-order chi connectivity index (χ1) is 7.35. The molecule has 98 valence electrons. The van der Waals surface area contributed by atoms with Gasteiger partial charge in [-0.1, -0.05) is 0 Å². The summed E-state index contributed by atoms with van der Waals surface area (Å²) in [5.74, 6) is 2.05. The van der Waals surface area contributed by atoms with Crippen LogP contribution >= 0.6 is 35.7 Å². The van der Waals surface area contributed by atoms with Gasteiger partial charge in [-0.3, -0.25) is 4.99 Å². The lowest BCUT2D eigenvalue weighted by Crippen LogP contribution is -2.39. The summed E-state index contributed by atoms with van der Waals surface area (Å²) in [4.78, 5) is 4.45. The molecule has 0 bridgehead atoms. The van der Waals surface area contributed by atoms with Crippen molar-refractivity contribution < 1.29 is 4.74 Å². The third-order valence-electron chi connectivity index (χ3n) is 1.72. The molecule has 16 heavy (non-hydrogen) atoms. The van der Waals surface area contributed by atoms with Crippen molar-refractivity contribution in [3.63, 3.8) is 0 Å². The van der Waals surface area contributed by atoms with E-state index in [-0.39, 0.29) is 24.0 Å². The highest BCUT2D eigenvalue weighted by Gasteiger charge is 1.94. The molecule has 0 fully saturated rings. The van der Waals surface area contributed by atoms with Crippen molar-refractivity contribution in [2.75, 3.05) is 45.4 Å². The molecule has 6 heteroatoms. The molecule has 0 aromatic carbocycles. The van der Waals surface area contributed by atoms with Crippen LogP contribution in [0.25, 0.3) is 0 Å². The van der Waals surface area contributed by atoms with Crippen LogP contribution in [0, 0.1) is 0 Å². The molecule has 0 amide bonds. The number of hydrogen-bond acceptors (Lipinski definition) is 3. The lowest BCUT2D eigenvalue weighted by molar-refractivity contribution is 0.203. The van der Waals surface area contributed by atoms with Crippen LogP contribution < -0.4 is 10.6 Å². The Morgan fingerprint density at radius 3 is 2.69 bits per heavy atom. The van der Waals surface area contributed by atoms with Crippen molar-refractivity contribution in [2.24, 2.45) is 4.99 Å². The average Bonchev–Trinajstić information content (AvgIpc) is 2.24. The van der Waals surface area contributed by atoms with E-state index in [2.05, 4.69) is 28.8 Å². The first-order valence-corrected chi connectivity index (χ1v) is 6.74. The average molecular weight is 361 g/mol. The molecule has 0 heterocycles. The van der Waals surface area contributed by atoms with Gasteiger partial charge < -0.3 is 15.4 Å². The third kappa shape index (κ3) is 12.4. The molecular formula is C10H24IN3OS. The van der Waals surface area contributed by atoms with Crippen LogP contribution in [0.15, 0.2) is 4.99 Å². The van der Waals surface area contributed by atoms with Gasteiger partial charge in [0.15, 0.2) is 5.96 Å². The van der Waals surface area contributed by atoms with Gasteiger partial charge in [0.05, 0.1) is 6.61 Å². The Bertz CT molecular complexity index is 170. The fraction of sp³-hybridized carbons (Fsp3) is 0.900. The van der Waals surface area contributed by atoms with Crippen molar-refractivity contribution in [3.8, 4) is 0 Å². The number of rotatable bonds is 8. The number of guanidine groups is 1. The number of thioether (sulfide) groups is 1. The quantitative estimate of drug-likeness (QED) is 0.298. The highest BCUT2D eigenvalue weighted by Crippen LogP contribution is 1.94. The zero-order valence-electron chi connectivity index (χ0n) is 10.4. The van der Waals surface area contributed by atoms with Gasteiger partial charge in [-0.05, 0) is 25.4 Å². The molecule has 0 atom stereocenters. The van der Waals surface area contributed by atoms with E-state index >= 15 is 0 Å². The van der Waals surface area contributed by atoms with Gasteiger partial charge in [0, 0.05) is 26.7 Å². The monoisotopic (exact) mass is 361 g/mol. The molecule has 0 unspecified atom stereocenters. The van der Waals surface area contributed by atoms with Gasteiger partial charge in [-0.2, -0.15) is 11.8 Å². The van der Waals surface area contributed by atoms with E-state index in [0.29, 0.717) is 6.61 Å². The van der Waals surface area contributed by atoms with Crippen molar-refractivity contribution >= 4 is 41.7 Å². The minimum absolute atomic E-state index is 0. The zero-order chi connectivity index (χ0) is 11.4. The highest BCUT2D eigenvalue weighted by atomic mass is 127. The number of nitrogens with zero attached hydrogens (tertiary/aromatic N) is 1. The number of hydrogen-bond donors (Lipinski definition) is 2. The Balaban J connectivity index is 0. The number of halogens is 1. The van der Waals surface area contributed by atoms with Gasteiger partial charge in [0.2, 0.25) is 0 Å². The summed E-state index contributed by atoms with van der Waals surface area (Å²) >= 11 is 1.86. The van der Waals surface area contributed by atoms with Crippen LogP contribution in [0.4, 0.5) is 0 Å². The Kier molecular flexibility index (Phi) is 17.9. The second-order valence-electron chi connectivity index (χ2n) is 3.03. The molecule has 2 N–H and O–H groups in total. The van der Waals surface area contributed by atoms with E-state index in [9.17, 15) is 0 Å². The Labute approximate surface area is 120 Å². The lowest BCUT2D eigenvalue weighted by Gasteiger charge is -2.10. The normalized spacial score (nSPS) is 10.8. The minimum atomic E-state index is 0. The summed E-state index contributed by atoms with van der Waals surface area (Å²) < 4.78 is 4.96. The molecule has 0 radical (unpaired) electrons. The van der Waals surface area contributed by atoms with E-state index in [1.807, 2.05) is 11.8 Å². The second kappa shape index (κ2) is 15.3. The van der Waals surface area contributed by atoms with Crippen molar-refractivity contribution in [2.45, 2.75) is 13.3 Å². The maximum atomic E-state index is 4.96. The minimum Gasteiger partial charge on any atom is -0.383 e. The molecule has 0 saturated heterocycles. The van der Waals surface area contributed by atoms with Crippen molar-refractivity contribution in [1.82, 2.24) is 10.6 Å². The lowest BCUT2D eigenvalue weighted by atomic mass is 10.5. The number of nitrogens with one attached hydrogen (secondary N) is 2. The van der Waals surface area contributed by atoms with Crippen LogP contribution in [-0.2, 0) is 4.74 Å². The number of methoxy groups -OCH3 is 1. The van der Waals surface area contributed by atoms with Crippen LogP contribution in [0.1, 0.15) is 13.3 Å². The SMILES string of the molecule is CCNC(=NCCCSC)NCCOC.I. The predicted molar refractivity (Wildman–Crippen MR) is 84.3 cm³/mol. The topological polar surface area (TPSA) is 45.7 Å². The van der Waals surface area contributed by atoms with E-state index in [1.54, 1.807) is 7.11 Å². The smallest absolute Gasteiger partial charge is 0.191 e. The van der Waals surface area contributed by atoms with E-state index in [1.165, 1.54) is 5.75 Å². The van der Waals surface area contributed by atoms with E-state index < -0.39 is 0 Å². The molecule has 0 saturated carbocycles. The zero-order valence-corrected chi connectivity index (χ0v) is 13.6. The summed E-state index contributed by atoms with van der Waals surface area (Å²) in [6.45, 7) is 5.33. The largest absolute Gasteiger partial charge is 0.383 e. The molecule has 4 nitrogen and oxygen atoms in total.